The zero-order chi connectivity index (χ0) is 21.8. The molecule has 0 bridgehead atoms. The first-order valence-corrected chi connectivity index (χ1v) is 11.4. The fraction of sp³-hybridized carbons (Fsp3) is 0.409. The van der Waals surface area contributed by atoms with E-state index in [0.29, 0.717) is 12.2 Å². The maximum Gasteiger partial charge on any atom is 0.243 e. The highest BCUT2D eigenvalue weighted by Gasteiger charge is 2.29. The number of nitrogens with one attached hydrogen (secondary N) is 1. The highest BCUT2D eigenvalue weighted by atomic mass is 32.2. The zero-order valence-corrected chi connectivity index (χ0v) is 18.7. The van der Waals surface area contributed by atoms with E-state index >= 15 is 0 Å². The first-order chi connectivity index (χ1) is 13.5. The van der Waals surface area contributed by atoms with Crippen molar-refractivity contribution in [1.29, 1.82) is 0 Å². The molecule has 2 aromatic rings. The van der Waals surface area contributed by atoms with Crippen LogP contribution in [-0.2, 0) is 21.4 Å². The Morgan fingerprint density at radius 3 is 2.17 bits per heavy atom. The molecule has 0 saturated carbocycles. The fourth-order valence-electron chi connectivity index (χ4n) is 2.97. The molecule has 1 amide bonds. The summed E-state index contributed by atoms with van der Waals surface area (Å²) in [6.45, 7) is 9.67. The van der Waals surface area contributed by atoms with Gasteiger partial charge in [-0.05, 0) is 75.6 Å². The summed E-state index contributed by atoms with van der Waals surface area (Å²) in [5, 5.41) is 2.82. The third-order valence-corrected chi connectivity index (χ3v) is 5.84. The van der Waals surface area contributed by atoms with Crippen LogP contribution >= 0.6 is 0 Å². The molecule has 158 valence electrons. The number of amides is 1. The third-order valence-electron chi connectivity index (χ3n) is 4.60. The average molecular weight is 419 g/mol. The molecule has 0 aromatic heterocycles. The van der Waals surface area contributed by atoms with Gasteiger partial charge < -0.3 is 10.1 Å². The first kappa shape index (κ1) is 22.7. The second kappa shape index (κ2) is 9.31. The molecule has 2 rings (SSSR count). The number of nitrogens with zero attached hydrogens (tertiary/aromatic N) is 1. The quantitative estimate of drug-likeness (QED) is 0.711. The Balaban J connectivity index is 2.12. The van der Waals surface area contributed by atoms with Crippen molar-refractivity contribution in [3.8, 4) is 5.75 Å². The van der Waals surface area contributed by atoms with Crippen LogP contribution in [0.2, 0.25) is 0 Å². The zero-order valence-electron chi connectivity index (χ0n) is 17.9. The van der Waals surface area contributed by atoms with Gasteiger partial charge in [0.05, 0.1) is 18.0 Å². The minimum Gasteiger partial charge on any atom is -0.491 e. The fourth-order valence-corrected chi connectivity index (χ4v) is 4.13. The van der Waals surface area contributed by atoms with Gasteiger partial charge in [0.25, 0.3) is 0 Å². The van der Waals surface area contributed by atoms with Gasteiger partial charge in [0.15, 0.2) is 0 Å². The Hall–Kier alpha value is -2.54. The number of benzene rings is 2. The molecule has 0 heterocycles. The molecule has 1 atom stereocenters. The molecule has 0 aliphatic rings. The number of ether oxygens (including phenoxy) is 1. The molecule has 29 heavy (non-hydrogen) atoms. The summed E-state index contributed by atoms with van der Waals surface area (Å²) < 4.78 is 31.6. The van der Waals surface area contributed by atoms with E-state index in [0.717, 1.165) is 33.0 Å². The van der Waals surface area contributed by atoms with Crippen molar-refractivity contribution in [2.45, 2.75) is 53.3 Å². The minimum atomic E-state index is -3.64. The molecular weight excluding hydrogens is 388 g/mol. The number of sulfonamides is 1. The van der Waals surface area contributed by atoms with Gasteiger partial charge in [-0.15, -0.1) is 0 Å². The van der Waals surface area contributed by atoms with Gasteiger partial charge >= 0.3 is 0 Å². The van der Waals surface area contributed by atoms with Crippen molar-refractivity contribution in [3.05, 3.63) is 59.2 Å². The van der Waals surface area contributed by atoms with Crippen molar-refractivity contribution in [2.24, 2.45) is 0 Å². The molecular formula is C22H30N2O4S. The van der Waals surface area contributed by atoms with E-state index < -0.39 is 16.1 Å². The second-order valence-electron chi connectivity index (χ2n) is 7.53. The molecule has 6 nitrogen and oxygen atoms in total. The molecule has 0 saturated heterocycles. The topological polar surface area (TPSA) is 75.7 Å². The van der Waals surface area contributed by atoms with E-state index in [1.54, 1.807) is 19.1 Å². The summed E-state index contributed by atoms with van der Waals surface area (Å²) in [6, 6.07) is 11.9. The smallest absolute Gasteiger partial charge is 0.243 e. The van der Waals surface area contributed by atoms with Crippen molar-refractivity contribution in [3.63, 3.8) is 0 Å². The number of hydrogen-bond donors (Lipinski definition) is 1. The number of rotatable bonds is 8. The predicted molar refractivity (Wildman–Crippen MR) is 117 cm³/mol. The number of hydrogen-bond acceptors (Lipinski definition) is 4. The number of carbonyl (C=O) groups is 1. The molecule has 0 radical (unpaired) electrons. The molecule has 7 heteroatoms. The second-order valence-corrected chi connectivity index (χ2v) is 9.39. The molecule has 0 aliphatic heterocycles. The van der Waals surface area contributed by atoms with Gasteiger partial charge in [-0.1, -0.05) is 18.2 Å². The van der Waals surface area contributed by atoms with Crippen molar-refractivity contribution < 1.29 is 17.9 Å². The molecule has 0 fully saturated rings. The number of carbonyl (C=O) groups excluding carboxylic acids is 1. The Labute approximate surface area is 173 Å². The number of aryl methyl sites for hydroxylation is 2. The Kier molecular flexibility index (Phi) is 7.30. The molecule has 0 aliphatic carbocycles. The summed E-state index contributed by atoms with van der Waals surface area (Å²) in [4.78, 5) is 12.7. The summed E-state index contributed by atoms with van der Waals surface area (Å²) in [6.07, 6.45) is 1.20. The minimum absolute atomic E-state index is 0.0915. The van der Waals surface area contributed by atoms with E-state index in [1.165, 1.54) is 0 Å². The Morgan fingerprint density at radius 2 is 1.66 bits per heavy atom. The first-order valence-electron chi connectivity index (χ1n) is 9.59. The van der Waals surface area contributed by atoms with Crippen LogP contribution in [0.5, 0.6) is 5.75 Å². The van der Waals surface area contributed by atoms with Gasteiger partial charge in [-0.25, -0.2) is 8.42 Å². The van der Waals surface area contributed by atoms with E-state index in [9.17, 15) is 13.2 Å². The maximum atomic E-state index is 12.7. The van der Waals surface area contributed by atoms with Gasteiger partial charge in [0.2, 0.25) is 15.9 Å². The summed E-state index contributed by atoms with van der Waals surface area (Å²) in [5.41, 5.74) is 3.41. The van der Waals surface area contributed by atoms with Crippen LogP contribution in [0.15, 0.2) is 42.5 Å². The summed E-state index contributed by atoms with van der Waals surface area (Å²) in [7, 11) is -3.64. The van der Waals surface area contributed by atoms with Crippen molar-refractivity contribution >= 4 is 21.6 Å². The van der Waals surface area contributed by atoms with Gasteiger partial charge in [-0.3, -0.25) is 9.10 Å². The number of anilines is 1. The predicted octanol–water partition coefficient (Wildman–Crippen LogP) is 3.56. The molecule has 0 spiro atoms. The van der Waals surface area contributed by atoms with Crippen LogP contribution in [0.3, 0.4) is 0 Å². The van der Waals surface area contributed by atoms with Gasteiger partial charge in [0, 0.05) is 6.54 Å². The van der Waals surface area contributed by atoms with Crippen LogP contribution in [0.4, 0.5) is 5.69 Å². The van der Waals surface area contributed by atoms with Crippen LogP contribution < -0.4 is 14.4 Å². The standard InChI is InChI=1S/C22H30N2O4S/c1-15(2)28-21-11-8-19(9-12-21)14-23-22(25)18(5)24(29(6,26)27)20-10-7-16(3)17(4)13-20/h7-13,15,18H,14H2,1-6H3,(H,23,25). The lowest BCUT2D eigenvalue weighted by Crippen LogP contribution is -2.47. The van der Waals surface area contributed by atoms with Gasteiger partial charge in [-0.2, -0.15) is 0 Å². The van der Waals surface area contributed by atoms with Crippen LogP contribution in [0.1, 0.15) is 37.5 Å². The van der Waals surface area contributed by atoms with E-state index in [1.807, 2.05) is 58.0 Å². The summed E-state index contributed by atoms with van der Waals surface area (Å²) in [5.74, 6) is 0.401. The van der Waals surface area contributed by atoms with Crippen molar-refractivity contribution in [2.75, 3.05) is 10.6 Å². The maximum absolute atomic E-state index is 12.7. The monoisotopic (exact) mass is 418 g/mol. The Morgan fingerprint density at radius 1 is 1.03 bits per heavy atom. The lowest BCUT2D eigenvalue weighted by atomic mass is 10.1. The average Bonchev–Trinajstić information content (AvgIpc) is 2.62. The molecule has 1 N–H and O–H groups in total. The van der Waals surface area contributed by atoms with Crippen LogP contribution in [-0.4, -0.2) is 32.7 Å². The Bertz CT molecular complexity index is 953. The van der Waals surface area contributed by atoms with E-state index in [4.69, 9.17) is 4.74 Å². The molecule has 1 unspecified atom stereocenters. The third kappa shape index (κ3) is 6.22. The summed E-state index contributed by atoms with van der Waals surface area (Å²) >= 11 is 0. The highest BCUT2D eigenvalue weighted by molar-refractivity contribution is 7.92. The lowest BCUT2D eigenvalue weighted by molar-refractivity contribution is -0.122. The normalized spacial score (nSPS) is 12.5. The van der Waals surface area contributed by atoms with Crippen molar-refractivity contribution in [1.82, 2.24) is 5.32 Å². The highest BCUT2D eigenvalue weighted by Crippen LogP contribution is 2.24. The lowest BCUT2D eigenvalue weighted by Gasteiger charge is -2.28. The molecule has 2 aromatic carbocycles. The van der Waals surface area contributed by atoms with E-state index in [2.05, 4.69) is 5.32 Å². The SMILES string of the molecule is Cc1ccc(N(C(C)C(=O)NCc2ccc(OC(C)C)cc2)S(C)(=O)=O)cc1C. The van der Waals surface area contributed by atoms with Crippen LogP contribution in [0.25, 0.3) is 0 Å². The van der Waals surface area contributed by atoms with Gasteiger partial charge in [0.1, 0.15) is 11.8 Å². The van der Waals surface area contributed by atoms with E-state index in [-0.39, 0.29) is 12.0 Å². The van der Waals surface area contributed by atoms with Crippen LogP contribution in [0, 0.1) is 13.8 Å². The largest absolute Gasteiger partial charge is 0.491 e.